The Labute approximate surface area is 106 Å². The van der Waals surface area contributed by atoms with Crippen LogP contribution < -0.4 is 0 Å². The zero-order valence-electron chi connectivity index (χ0n) is 10.9. The Balaban J connectivity index is 0.000000494. The van der Waals surface area contributed by atoms with E-state index in [1.165, 1.54) is 25.1 Å². The predicted molar refractivity (Wildman–Crippen MR) is 67.1 cm³/mol. The molecule has 0 radical (unpaired) electrons. The van der Waals surface area contributed by atoms with Gasteiger partial charge in [-0.3, -0.25) is 0 Å². The lowest BCUT2D eigenvalue weighted by molar-refractivity contribution is 0.0696. The second kappa shape index (κ2) is 6.16. The first-order valence-electron chi connectivity index (χ1n) is 5.32. The molecule has 100 valence electrons. The molecule has 5 heteroatoms. The van der Waals surface area contributed by atoms with Crippen LogP contribution in [0.4, 0.5) is 0 Å². The molecule has 5 nitrogen and oxygen atoms in total. The standard InChI is InChI=1S/C9H8O4.C4H10O/c1-5-6(8(10)11)3-2-4-7(5)9(12)13;1-4(2,3)5/h2-4H,1H3,(H,10,11)(H,12,13);5H,1-3H3. The first-order valence-corrected chi connectivity index (χ1v) is 5.32. The van der Waals surface area contributed by atoms with Crippen LogP contribution in [-0.4, -0.2) is 32.9 Å². The fourth-order valence-corrected chi connectivity index (χ4v) is 1.10. The SMILES string of the molecule is CC(C)(C)O.Cc1c(C(=O)O)cccc1C(=O)O. The number of aromatic carboxylic acids is 2. The van der Waals surface area contributed by atoms with Gasteiger partial charge in [0.25, 0.3) is 0 Å². The van der Waals surface area contributed by atoms with E-state index in [1.807, 2.05) is 0 Å². The van der Waals surface area contributed by atoms with Crippen LogP contribution in [0.2, 0.25) is 0 Å². The van der Waals surface area contributed by atoms with E-state index in [-0.39, 0.29) is 16.7 Å². The van der Waals surface area contributed by atoms with E-state index in [2.05, 4.69) is 0 Å². The minimum Gasteiger partial charge on any atom is -0.478 e. The zero-order chi connectivity index (χ0) is 14.5. The third-order valence-electron chi connectivity index (χ3n) is 1.79. The average Bonchev–Trinajstić information content (AvgIpc) is 2.14. The van der Waals surface area contributed by atoms with Crippen molar-refractivity contribution in [1.29, 1.82) is 0 Å². The summed E-state index contributed by atoms with van der Waals surface area (Å²) in [5.41, 5.74) is -0.165. The summed E-state index contributed by atoms with van der Waals surface area (Å²) < 4.78 is 0. The number of aliphatic hydroxyl groups is 1. The number of carbonyl (C=O) groups is 2. The monoisotopic (exact) mass is 254 g/mol. The van der Waals surface area contributed by atoms with Gasteiger partial charge in [0.2, 0.25) is 0 Å². The highest BCUT2D eigenvalue weighted by molar-refractivity contribution is 5.96. The highest BCUT2D eigenvalue weighted by atomic mass is 16.4. The maximum absolute atomic E-state index is 10.6. The van der Waals surface area contributed by atoms with Gasteiger partial charge < -0.3 is 15.3 Å². The van der Waals surface area contributed by atoms with E-state index in [0.29, 0.717) is 0 Å². The van der Waals surface area contributed by atoms with Gasteiger partial charge >= 0.3 is 11.9 Å². The van der Waals surface area contributed by atoms with Gasteiger partial charge in [0, 0.05) is 0 Å². The summed E-state index contributed by atoms with van der Waals surface area (Å²) in [6.45, 7) is 6.71. The Morgan fingerprint density at radius 2 is 1.28 bits per heavy atom. The molecular weight excluding hydrogens is 236 g/mol. The van der Waals surface area contributed by atoms with Gasteiger partial charge in [0.15, 0.2) is 0 Å². The third-order valence-corrected chi connectivity index (χ3v) is 1.79. The molecule has 0 amide bonds. The Bertz CT molecular complexity index is 405. The van der Waals surface area contributed by atoms with Crippen molar-refractivity contribution in [3.63, 3.8) is 0 Å². The molecule has 1 aromatic rings. The zero-order valence-corrected chi connectivity index (χ0v) is 10.9. The lowest BCUT2D eigenvalue weighted by Crippen LogP contribution is -2.10. The predicted octanol–water partition coefficient (Wildman–Crippen LogP) is 2.17. The maximum Gasteiger partial charge on any atom is 0.335 e. The van der Waals surface area contributed by atoms with Crippen LogP contribution >= 0.6 is 0 Å². The first-order chi connectivity index (χ1) is 8.04. The van der Waals surface area contributed by atoms with Crippen molar-refractivity contribution in [3.8, 4) is 0 Å². The van der Waals surface area contributed by atoms with Gasteiger partial charge in [-0.15, -0.1) is 0 Å². The van der Waals surface area contributed by atoms with E-state index in [4.69, 9.17) is 15.3 Å². The van der Waals surface area contributed by atoms with Gasteiger partial charge in [-0.05, 0) is 45.4 Å². The summed E-state index contributed by atoms with van der Waals surface area (Å²) in [6.07, 6.45) is 0. The summed E-state index contributed by atoms with van der Waals surface area (Å²) >= 11 is 0. The molecule has 0 saturated carbocycles. The second-order valence-electron chi connectivity index (χ2n) is 4.76. The topological polar surface area (TPSA) is 94.8 Å². The molecule has 1 rings (SSSR count). The number of hydrogen-bond acceptors (Lipinski definition) is 3. The molecule has 0 aliphatic rings. The molecule has 0 saturated heterocycles. The fourth-order valence-electron chi connectivity index (χ4n) is 1.10. The number of hydrogen-bond donors (Lipinski definition) is 3. The van der Waals surface area contributed by atoms with E-state index in [0.717, 1.165) is 0 Å². The molecule has 18 heavy (non-hydrogen) atoms. The Kier molecular flexibility index (Phi) is 5.52. The molecule has 0 aliphatic carbocycles. The van der Waals surface area contributed by atoms with E-state index in [1.54, 1.807) is 20.8 Å². The van der Waals surface area contributed by atoms with Crippen LogP contribution in [0.3, 0.4) is 0 Å². The summed E-state index contributed by atoms with van der Waals surface area (Å²) in [5.74, 6) is -2.22. The van der Waals surface area contributed by atoms with Crippen molar-refractivity contribution in [2.75, 3.05) is 0 Å². The summed E-state index contributed by atoms with van der Waals surface area (Å²) in [6, 6.07) is 4.17. The van der Waals surface area contributed by atoms with Gasteiger partial charge in [0.05, 0.1) is 16.7 Å². The summed E-state index contributed by atoms with van der Waals surface area (Å²) in [5, 5.41) is 25.9. The highest BCUT2D eigenvalue weighted by Crippen LogP contribution is 2.13. The van der Waals surface area contributed by atoms with Crippen LogP contribution in [0.15, 0.2) is 18.2 Å². The molecule has 0 unspecified atom stereocenters. The van der Waals surface area contributed by atoms with Gasteiger partial charge in [-0.25, -0.2) is 9.59 Å². The van der Waals surface area contributed by atoms with Crippen LogP contribution in [0.25, 0.3) is 0 Å². The van der Waals surface area contributed by atoms with Gasteiger partial charge in [-0.1, -0.05) is 6.07 Å². The van der Waals surface area contributed by atoms with Crippen LogP contribution in [0.5, 0.6) is 0 Å². The fraction of sp³-hybridized carbons (Fsp3) is 0.385. The van der Waals surface area contributed by atoms with Crippen molar-refractivity contribution in [2.24, 2.45) is 0 Å². The van der Waals surface area contributed by atoms with Crippen molar-refractivity contribution < 1.29 is 24.9 Å². The third kappa shape index (κ3) is 6.00. The van der Waals surface area contributed by atoms with Crippen LogP contribution in [0, 0.1) is 6.92 Å². The molecule has 0 spiro atoms. The van der Waals surface area contributed by atoms with E-state index >= 15 is 0 Å². The molecule has 0 fully saturated rings. The Morgan fingerprint density at radius 1 is 1.00 bits per heavy atom. The minimum atomic E-state index is -1.11. The first kappa shape index (κ1) is 16.1. The maximum atomic E-state index is 10.6. The quantitative estimate of drug-likeness (QED) is 0.751. The van der Waals surface area contributed by atoms with Crippen molar-refractivity contribution >= 4 is 11.9 Å². The highest BCUT2D eigenvalue weighted by Gasteiger charge is 2.13. The second-order valence-corrected chi connectivity index (χ2v) is 4.76. The molecule has 0 heterocycles. The summed E-state index contributed by atoms with van der Waals surface area (Å²) in [4.78, 5) is 21.2. The summed E-state index contributed by atoms with van der Waals surface area (Å²) in [7, 11) is 0. The Hall–Kier alpha value is -1.88. The molecule has 1 aromatic carbocycles. The van der Waals surface area contributed by atoms with Crippen LogP contribution in [-0.2, 0) is 0 Å². The van der Waals surface area contributed by atoms with Crippen molar-refractivity contribution in [2.45, 2.75) is 33.3 Å². The lowest BCUT2D eigenvalue weighted by atomic mass is 10.0. The van der Waals surface area contributed by atoms with E-state index < -0.39 is 17.5 Å². The van der Waals surface area contributed by atoms with Gasteiger partial charge in [0.1, 0.15) is 0 Å². The lowest BCUT2D eigenvalue weighted by Gasteiger charge is -2.04. The van der Waals surface area contributed by atoms with E-state index in [9.17, 15) is 9.59 Å². The number of carboxylic acid groups (broad SMARTS) is 2. The molecule has 0 aliphatic heterocycles. The molecule has 0 atom stereocenters. The average molecular weight is 254 g/mol. The van der Waals surface area contributed by atoms with Crippen molar-refractivity contribution in [3.05, 3.63) is 34.9 Å². The smallest absolute Gasteiger partial charge is 0.335 e. The number of rotatable bonds is 2. The minimum absolute atomic E-state index is 0.0277. The van der Waals surface area contributed by atoms with Gasteiger partial charge in [-0.2, -0.15) is 0 Å². The molecular formula is C13H18O5. The normalized spacial score (nSPS) is 10.3. The number of carboxylic acids is 2. The molecule has 0 aromatic heterocycles. The molecule has 0 bridgehead atoms. The molecule has 3 N–H and O–H groups in total. The largest absolute Gasteiger partial charge is 0.478 e. The Morgan fingerprint density at radius 3 is 1.50 bits per heavy atom. The van der Waals surface area contributed by atoms with Crippen LogP contribution in [0.1, 0.15) is 47.1 Å². The number of benzene rings is 1. The van der Waals surface area contributed by atoms with Crippen molar-refractivity contribution in [1.82, 2.24) is 0 Å².